The van der Waals surface area contributed by atoms with E-state index in [9.17, 15) is 18.0 Å². The first-order chi connectivity index (χ1) is 21.8. The smallest absolute Gasteiger partial charge is 0.264 e. The van der Waals surface area contributed by atoms with Gasteiger partial charge in [-0.05, 0) is 80.8 Å². The molecular weight excluding hydrogens is 665 g/mol. The number of carbonyl (C=O) groups is 2. The highest BCUT2D eigenvalue weighted by atomic mass is 35.5. The van der Waals surface area contributed by atoms with E-state index >= 15 is 0 Å². The van der Waals surface area contributed by atoms with Crippen molar-refractivity contribution in [1.82, 2.24) is 10.2 Å². The molecule has 0 aliphatic carbocycles. The number of sulfonamides is 1. The summed E-state index contributed by atoms with van der Waals surface area (Å²) in [4.78, 5) is 29.8. The van der Waals surface area contributed by atoms with Crippen molar-refractivity contribution in [2.45, 2.75) is 57.6 Å². The molecule has 1 atom stereocenters. The second-order valence-corrected chi connectivity index (χ2v) is 14.5. The minimum absolute atomic E-state index is 0.00767. The number of halogens is 3. The lowest BCUT2D eigenvalue weighted by atomic mass is 10.0. The highest BCUT2D eigenvalue weighted by Gasteiger charge is 2.35. The molecule has 0 saturated heterocycles. The molecule has 4 aromatic rings. The summed E-state index contributed by atoms with van der Waals surface area (Å²) in [6.07, 6.45) is 0.178. The average molecular weight is 701 g/mol. The molecule has 2 amide bonds. The standard InChI is InChI=1S/C35H36Cl3N3O4S/c1-23(2)39-35(43)33(18-26-8-6-5-7-9-26)40(21-27-13-14-28(36)19-32(27)38)34(42)22-41(29-15-12-25(4)31(37)20-29)46(44,45)30-16-10-24(3)11-17-30/h5-17,19-20,23,33H,18,21-22H2,1-4H3,(H,39,43). The van der Waals surface area contributed by atoms with E-state index in [0.29, 0.717) is 20.6 Å². The van der Waals surface area contributed by atoms with Crippen molar-refractivity contribution in [2.75, 3.05) is 10.8 Å². The lowest BCUT2D eigenvalue weighted by molar-refractivity contribution is -0.140. The molecule has 0 aliphatic rings. The molecule has 0 spiro atoms. The number of nitrogens with zero attached hydrogens (tertiary/aromatic N) is 2. The highest BCUT2D eigenvalue weighted by molar-refractivity contribution is 7.92. The maximum atomic E-state index is 14.6. The number of benzene rings is 4. The molecular formula is C35H36Cl3N3O4S. The number of hydrogen-bond acceptors (Lipinski definition) is 4. The largest absolute Gasteiger partial charge is 0.352 e. The maximum absolute atomic E-state index is 14.6. The quantitative estimate of drug-likeness (QED) is 0.165. The Bertz CT molecular complexity index is 1800. The van der Waals surface area contributed by atoms with Gasteiger partial charge in [-0.3, -0.25) is 13.9 Å². The van der Waals surface area contributed by atoms with Crippen molar-refractivity contribution in [3.8, 4) is 0 Å². The summed E-state index contributed by atoms with van der Waals surface area (Å²) in [7, 11) is -4.26. The van der Waals surface area contributed by atoms with Gasteiger partial charge in [0.05, 0.1) is 10.6 Å². The van der Waals surface area contributed by atoms with Crippen LogP contribution < -0.4 is 9.62 Å². The van der Waals surface area contributed by atoms with Crippen molar-refractivity contribution in [2.24, 2.45) is 0 Å². The number of nitrogens with one attached hydrogen (secondary N) is 1. The molecule has 1 unspecified atom stereocenters. The van der Waals surface area contributed by atoms with Gasteiger partial charge < -0.3 is 10.2 Å². The number of aryl methyl sites for hydroxylation is 2. The van der Waals surface area contributed by atoms with Crippen LogP contribution in [0.3, 0.4) is 0 Å². The van der Waals surface area contributed by atoms with Crippen molar-refractivity contribution < 1.29 is 18.0 Å². The fraction of sp³-hybridized carbons (Fsp3) is 0.257. The third-order valence-electron chi connectivity index (χ3n) is 7.39. The normalized spacial score (nSPS) is 12.1. The van der Waals surface area contributed by atoms with Crippen LogP contribution in [0.25, 0.3) is 0 Å². The molecule has 11 heteroatoms. The van der Waals surface area contributed by atoms with Crippen LogP contribution in [-0.2, 0) is 32.6 Å². The molecule has 7 nitrogen and oxygen atoms in total. The Labute approximate surface area is 286 Å². The summed E-state index contributed by atoms with van der Waals surface area (Å²) >= 11 is 19.2. The molecule has 0 fully saturated rings. The second-order valence-electron chi connectivity index (χ2n) is 11.4. The number of hydrogen-bond donors (Lipinski definition) is 1. The first-order valence-electron chi connectivity index (χ1n) is 14.7. The van der Waals surface area contributed by atoms with Crippen LogP contribution >= 0.6 is 34.8 Å². The third kappa shape index (κ3) is 8.82. The first-order valence-corrected chi connectivity index (χ1v) is 17.3. The van der Waals surface area contributed by atoms with Gasteiger partial charge in [-0.25, -0.2) is 8.42 Å². The topological polar surface area (TPSA) is 86.8 Å². The van der Waals surface area contributed by atoms with Crippen LogP contribution in [0.1, 0.15) is 36.1 Å². The van der Waals surface area contributed by atoms with Gasteiger partial charge in [0, 0.05) is 34.1 Å². The SMILES string of the molecule is Cc1ccc(S(=O)(=O)N(CC(=O)N(Cc2ccc(Cl)cc2Cl)C(Cc2ccccc2)C(=O)NC(C)C)c2ccc(C)c(Cl)c2)cc1. The molecule has 4 rings (SSSR count). The van der Waals surface area contributed by atoms with E-state index < -0.39 is 28.5 Å². The number of carbonyl (C=O) groups excluding carboxylic acids is 2. The van der Waals surface area contributed by atoms with E-state index in [-0.39, 0.29) is 35.5 Å². The van der Waals surface area contributed by atoms with E-state index in [0.717, 1.165) is 21.0 Å². The summed E-state index contributed by atoms with van der Waals surface area (Å²) in [6, 6.07) is 24.2. The maximum Gasteiger partial charge on any atom is 0.264 e. The van der Waals surface area contributed by atoms with Gasteiger partial charge in [-0.2, -0.15) is 0 Å². The van der Waals surface area contributed by atoms with Gasteiger partial charge in [0.15, 0.2) is 0 Å². The minimum Gasteiger partial charge on any atom is -0.352 e. The van der Waals surface area contributed by atoms with Gasteiger partial charge in [0.2, 0.25) is 11.8 Å². The minimum atomic E-state index is -4.26. The zero-order chi connectivity index (χ0) is 33.6. The molecule has 4 aromatic carbocycles. The van der Waals surface area contributed by atoms with Crippen LogP contribution in [-0.4, -0.2) is 43.8 Å². The van der Waals surface area contributed by atoms with Crippen molar-refractivity contribution in [1.29, 1.82) is 0 Å². The third-order valence-corrected chi connectivity index (χ3v) is 10.2. The predicted octanol–water partition coefficient (Wildman–Crippen LogP) is 7.62. The van der Waals surface area contributed by atoms with Gasteiger partial charge in [-0.15, -0.1) is 0 Å². The zero-order valence-electron chi connectivity index (χ0n) is 26.0. The molecule has 0 bridgehead atoms. The predicted molar refractivity (Wildman–Crippen MR) is 186 cm³/mol. The monoisotopic (exact) mass is 699 g/mol. The molecule has 46 heavy (non-hydrogen) atoms. The van der Waals surface area contributed by atoms with E-state index in [1.54, 1.807) is 49.4 Å². The van der Waals surface area contributed by atoms with E-state index in [1.807, 2.05) is 51.1 Å². The van der Waals surface area contributed by atoms with E-state index in [2.05, 4.69) is 5.32 Å². The highest BCUT2D eigenvalue weighted by Crippen LogP contribution is 2.30. The molecule has 0 radical (unpaired) electrons. The van der Waals surface area contributed by atoms with Crippen molar-refractivity contribution in [3.63, 3.8) is 0 Å². The molecule has 0 aliphatic heterocycles. The Hall–Kier alpha value is -3.56. The Kier molecular flexibility index (Phi) is 11.8. The number of anilines is 1. The van der Waals surface area contributed by atoms with Crippen LogP contribution in [0.5, 0.6) is 0 Å². The van der Waals surface area contributed by atoms with Crippen LogP contribution in [0, 0.1) is 13.8 Å². The average Bonchev–Trinajstić information content (AvgIpc) is 3.00. The van der Waals surface area contributed by atoms with E-state index in [4.69, 9.17) is 34.8 Å². The fourth-order valence-electron chi connectivity index (χ4n) is 4.87. The Morgan fingerprint density at radius 2 is 1.50 bits per heavy atom. The molecule has 0 aromatic heterocycles. The van der Waals surface area contributed by atoms with Gasteiger partial charge >= 0.3 is 0 Å². The summed E-state index contributed by atoms with van der Waals surface area (Å²) in [5.74, 6) is -0.998. The van der Waals surface area contributed by atoms with E-state index in [1.165, 1.54) is 23.1 Å². The summed E-state index contributed by atoms with van der Waals surface area (Å²) in [5, 5.41) is 4.00. The Morgan fingerprint density at radius 3 is 2.11 bits per heavy atom. The molecule has 0 saturated carbocycles. The van der Waals surface area contributed by atoms with Crippen molar-refractivity contribution in [3.05, 3.63) is 128 Å². The lowest BCUT2D eigenvalue weighted by Crippen LogP contribution is -2.54. The van der Waals surface area contributed by atoms with Crippen LogP contribution in [0.2, 0.25) is 15.1 Å². The molecule has 1 N–H and O–H groups in total. The fourth-order valence-corrected chi connectivity index (χ4v) is 6.92. The molecule has 242 valence electrons. The number of amides is 2. The van der Waals surface area contributed by atoms with Crippen molar-refractivity contribution >= 4 is 62.3 Å². The summed E-state index contributed by atoms with van der Waals surface area (Å²) in [5.41, 5.74) is 3.20. The van der Waals surface area contributed by atoms with Gasteiger partial charge in [0.25, 0.3) is 10.0 Å². The lowest BCUT2D eigenvalue weighted by Gasteiger charge is -2.34. The van der Waals surface area contributed by atoms with Gasteiger partial charge in [-0.1, -0.05) is 95.0 Å². The first kappa shape index (κ1) is 35.3. The second kappa shape index (κ2) is 15.4. The number of rotatable bonds is 12. The van der Waals surface area contributed by atoms with Crippen LogP contribution in [0.4, 0.5) is 5.69 Å². The zero-order valence-corrected chi connectivity index (χ0v) is 29.1. The molecule has 0 heterocycles. The van der Waals surface area contributed by atoms with Crippen LogP contribution in [0.15, 0.2) is 95.9 Å². The Balaban J connectivity index is 1.84. The summed E-state index contributed by atoms with van der Waals surface area (Å²) in [6.45, 7) is 6.63. The Morgan fingerprint density at radius 1 is 0.826 bits per heavy atom. The summed E-state index contributed by atoms with van der Waals surface area (Å²) < 4.78 is 29.4. The van der Waals surface area contributed by atoms with Gasteiger partial charge in [0.1, 0.15) is 12.6 Å².